The maximum atomic E-state index is 12.7. The van der Waals surface area contributed by atoms with Crippen LogP contribution in [0.5, 0.6) is 0 Å². The van der Waals surface area contributed by atoms with Crippen molar-refractivity contribution in [3.63, 3.8) is 0 Å². The van der Waals surface area contributed by atoms with E-state index in [-0.39, 0.29) is 22.1 Å². The second kappa shape index (κ2) is 5.30. The summed E-state index contributed by atoms with van der Waals surface area (Å²) in [6.07, 6.45) is 2.13. The van der Waals surface area contributed by atoms with E-state index >= 15 is 0 Å². The molecule has 2 aliphatic heterocycles. The molecule has 6 heteroatoms. The first kappa shape index (κ1) is 14.3. The highest BCUT2D eigenvalue weighted by atomic mass is 35.5. The largest absolute Gasteiger partial charge is 0.375 e. The lowest BCUT2D eigenvalue weighted by atomic mass is 9.94. The zero-order chi connectivity index (χ0) is 14.3. The summed E-state index contributed by atoms with van der Waals surface area (Å²) in [5.74, 6) is 0.302. The Morgan fingerprint density at radius 1 is 1.35 bits per heavy atom. The van der Waals surface area contributed by atoms with Gasteiger partial charge in [0.25, 0.3) is 0 Å². The average Bonchev–Trinajstić information content (AvgIpc) is 2.78. The van der Waals surface area contributed by atoms with Crippen molar-refractivity contribution >= 4 is 21.6 Å². The summed E-state index contributed by atoms with van der Waals surface area (Å²) in [6, 6.07) is 6.62. The molecule has 0 amide bonds. The summed E-state index contributed by atoms with van der Waals surface area (Å²) >= 11 is 6.03. The van der Waals surface area contributed by atoms with E-state index in [1.54, 1.807) is 28.6 Å². The van der Waals surface area contributed by atoms with Crippen molar-refractivity contribution < 1.29 is 13.2 Å². The Morgan fingerprint density at radius 3 is 2.85 bits per heavy atom. The Kier molecular flexibility index (Phi) is 3.79. The number of sulfonamides is 1. The molecule has 0 radical (unpaired) electrons. The highest BCUT2D eigenvalue weighted by Gasteiger charge is 2.41. The predicted octanol–water partition coefficient (Wildman–Crippen LogP) is 2.53. The average molecular weight is 316 g/mol. The molecule has 1 aromatic rings. The van der Waals surface area contributed by atoms with E-state index in [0.717, 1.165) is 12.8 Å². The van der Waals surface area contributed by atoms with E-state index in [2.05, 4.69) is 0 Å². The quantitative estimate of drug-likeness (QED) is 0.842. The summed E-state index contributed by atoms with van der Waals surface area (Å²) in [5, 5.41) is 0.283. The minimum atomic E-state index is -3.50. The van der Waals surface area contributed by atoms with Crippen molar-refractivity contribution in [1.82, 2.24) is 4.31 Å². The van der Waals surface area contributed by atoms with Crippen molar-refractivity contribution in [3.8, 4) is 0 Å². The van der Waals surface area contributed by atoms with E-state index in [0.29, 0.717) is 19.0 Å². The third-order valence-electron chi connectivity index (χ3n) is 4.12. The van der Waals surface area contributed by atoms with Gasteiger partial charge in [-0.1, -0.05) is 23.7 Å². The number of halogens is 1. The number of piperidine rings is 1. The fraction of sp³-hybridized carbons (Fsp3) is 0.571. The number of rotatable bonds is 2. The normalized spacial score (nSPS) is 31.2. The van der Waals surface area contributed by atoms with Crippen LogP contribution in [0.1, 0.15) is 19.8 Å². The SMILES string of the molecule is C[C@H]1C[C@H]2CN(S(=O)(=O)c3ccccc3Cl)CC[C@@H]2O1. The molecule has 2 heterocycles. The Balaban J connectivity index is 1.84. The van der Waals surface area contributed by atoms with Gasteiger partial charge in [-0.2, -0.15) is 4.31 Å². The van der Waals surface area contributed by atoms with Crippen LogP contribution in [0.15, 0.2) is 29.2 Å². The fourth-order valence-electron chi connectivity index (χ4n) is 3.17. The van der Waals surface area contributed by atoms with Crippen LogP contribution in [0.4, 0.5) is 0 Å². The molecular formula is C14H18ClNO3S. The molecule has 0 saturated carbocycles. The van der Waals surface area contributed by atoms with Gasteiger partial charge in [0.05, 0.1) is 17.2 Å². The molecule has 0 aliphatic carbocycles. The minimum Gasteiger partial charge on any atom is -0.375 e. The molecule has 20 heavy (non-hydrogen) atoms. The van der Waals surface area contributed by atoms with Crippen LogP contribution < -0.4 is 0 Å². The predicted molar refractivity (Wildman–Crippen MR) is 77.3 cm³/mol. The maximum absolute atomic E-state index is 12.7. The fourth-order valence-corrected chi connectivity index (χ4v) is 5.18. The van der Waals surface area contributed by atoms with E-state index in [1.807, 2.05) is 6.92 Å². The zero-order valence-corrected chi connectivity index (χ0v) is 12.9. The smallest absolute Gasteiger partial charge is 0.244 e. The Morgan fingerprint density at radius 2 is 2.10 bits per heavy atom. The molecule has 0 spiro atoms. The third-order valence-corrected chi connectivity index (χ3v) is 6.49. The number of benzene rings is 1. The van der Waals surface area contributed by atoms with Gasteiger partial charge in [0.2, 0.25) is 10.0 Å². The molecule has 3 rings (SSSR count). The van der Waals surface area contributed by atoms with Gasteiger partial charge < -0.3 is 4.74 Å². The molecular weight excluding hydrogens is 298 g/mol. The lowest BCUT2D eigenvalue weighted by molar-refractivity contribution is 0.0206. The van der Waals surface area contributed by atoms with Gasteiger partial charge in [0, 0.05) is 19.0 Å². The van der Waals surface area contributed by atoms with Gasteiger partial charge in [0.1, 0.15) is 4.90 Å². The zero-order valence-electron chi connectivity index (χ0n) is 11.3. The minimum absolute atomic E-state index is 0.201. The number of hydrogen-bond donors (Lipinski definition) is 0. The van der Waals surface area contributed by atoms with E-state index in [4.69, 9.17) is 16.3 Å². The summed E-state index contributed by atoms with van der Waals surface area (Å²) in [6.45, 7) is 3.08. The van der Waals surface area contributed by atoms with E-state index < -0.39 is 10.0 Å². The topological polar surface area (TPSA) is 46.6 Å². The molecule has 2 aliphatic rings. The highest BCUT2D eigenvalue weighted by Crippen LogP contribution is 2.35. The lowest BCUT2D eigenvalue weighted by Gasteiger charge is -2.33. The lowest BCUT2D eigenvalue weighted by Crippen LogP contribution is -2.44. The van der Waals surface area contributed by atoms with Gasteiger partial charge in [-0.15, -0.1) is 0 Å². The van der Waals surface area contributed by atoms with Gasteiger partial charge in [-0.25, -0.2) is 8.42 Å². The van der Waals surface area contributed by atoms with Crippen LogP contribution >= 0.6 is 11.6 Å². The van der Waals surface area contributed by atoms with Crippen molar-refractivity contribution in [3.05, 3.63) is 29.3 Å². The van der Waals surface area contributed by atoms with E-state index in [9.17, 15) is 8.42 Å². The van der Waals surface area contributed by atoms with Crippen molar-refractivity contribution in [2.75, 3.05) is 13.1 Å². The van der Waals surface area contributed by atoms with Crippen LogP contribution in [-0.4, -0.2) is 38.0 Å². The van der Waals surface area contributed by atoms with Crippen molar-refractivity contribution in [1.29, 1.82) is 0 Å². The van der Waals surface area contributed by atoms with Crippen LogP contribution in [0.25, 0.3) is 0 Å². The van der Waals surface area contributed by atoms with Crippen LogP contribution in [0.3, 0.4) is 0 Å². The standard InChI is InChI=1S/C14H18ClNO3S/c1-10-8-11-9-16(7-6-13(11)19-10)20(17,18)14-5-3-2-4-12(14)15/h2-5,10-11,13H,6-9H2,1H3/t10-,11-,13-/m0/s1. The Hall–Kier alpha value is -0.620. The first-order valence-corrected chi connectivity index (χ1v) is 8.70. The summed E-state index contributed by atoms with van der Waals surface area (Å²) in [4.78, 5) is 0.201. The molecule has 110 valence electrons. The second-order valence-corrected chi connectivity index (χ2v) is 7.88. The number of nitrogens with zero attached hydrogens (tertiary/aromatic N) is 1. The molecule has 1 aromatic carbocycles. The highest BCUT2D eigenvalue weighted by molar-refractivity contribution is 7.89. The molecule has 0 unspecified atom stereocenters. The van der Waals surface area contributed by atoms with Crippen molar-refractivity contribution in [2.45, 2.75) is 36.9 Å². The van der Waals surface area contributed by atoms with Crippen molar-refractivity contribution in [2.24, 2.45) is 5.92 Å². The van der Waals surface area contributed by atoms with E-state index in [1.165, 1.54) is 0 Å². The summed E-state index contributed by atoms with van der Waals surface area (Å²) in [5.41, 5.74) is 0. The molecule has 0 bridgehead atoms. The second-order valence-electron chi connectivity index (χ2n) is 5.56. The van der Waals surface area contributed by atoms with Gasteiger partial charge >= 0.3 is 0 Å². The molecule has 2 fully saturated rings. The first-order chi connectivity index (χ1) is 9.48. The number of fused-ring (bicyclic) bond motifs is 1. The summed E-state index contributed by atoms with van der Waals surface area (Å²) in [7, 11) is -3.50. The molecule has 2 saturated heterocycles. The number of hydrogen-bond acceptors (Lipinski definition) is 3. The van der Waals surface area contributed by atoms with Gasteiger partial charge in [-0.05, 0) is 31.9 Å². The van der Waals surface area contributed by atoms with Gasteiger partial charge in [-0.3, -0.25) is 0 Å². The molecule has 0 aromatic heterocycles. The number of ether oxygens (including phenoxy) is 1. The summed E-state index contributed by atoms with van der Waals surface area (Å²) < 4.78 is 32.7. The Labute approximate surface area is 124 Å². The molecule has 0 N–H and O–H groups in total. The molecule has 4 nitrogen and oxygen atoms in total. The third kappa shape index (κ3) is 2.48. The van der Waals surface area contributed by atoms with Crippen LogP contribution in [-0.2, 0) is 14.8 Å². The first-order valence-electron chi connectivity index (χ1n) is 6.88. The maximum Gasteiger partial charge on any atom is 0.244 e. The monoisotopic (exact) mass is 315 g/mol. The van der Waals surface area contributed by atoms with Crippen LogP contribution in [0, 0.1) is 5.92 Å². The Bertz CT molecular complexity index is 604. The van der Waals surface area contributed by atoms with Crippen LogP contribution in [0.2, 0.25) is 5.02 Å². The van der Waals surface area contributed by atoms with Gasteiger partial charge in [0.15, 0.2) is 0 Å². The molecule has 3 atom stereocenters.